The van der Waals surface area contributed by atoms with E-state index in [2.05, 4.69) is 25.2 Å². The van der Waals surface area contributed by atoms with Gasteiger partial charge in [0, 0.05) is 25.6 Å². The van der Waals surface area contributed by atoms with Crippen LogP contribution < -0.4 is 9.64 Å². The molecule has 3 aromatic rings. The van der Waals surface area contributed by atoms with Crippen molar-refractivity contribution in [2.24, 2.45) is 17.8 Å². The average molecular weight is 521 g/mol. The molecule has 7 nitrogen and oxygen atoms in total. The highest BCUT2D eigenvalue weighted by Gasteiger charge is 2.43. The summed E-state index contributed by atoms with van der Waals surface area (Å²) in [5.74, 6) is 0.352. The summed E-state index contributed by atoms with van der Waals surface area (Å²) in [7, 11) is 0. The van der Waals surface area contributed by atoms with Gasteiger partial charge in [-0.25, -0.2) is 9.50 Å². The Morgan fingerprint density at radius 2 is 1.77 bits per heavy atom. The van der Waals surface area contributed by atoms with E-state index in [1.807, 2.05) is 0 Å². The monoisotopic (exact) mass is 520 g/mol. The van der Waals surface area contributed by atoms with Crippen molar-refractivity contribution in [2.75, 3.05) is 24.6 Å². The van der Waals surface area contributed by atoms with Crippen LogP contribution in [0.15, 0.2) is 24.4 Å². The third-order valence-corrected chi connectivity index (χ3v) is 6.78. The van der Waals surface area contributed by atoms with Crippen LogP contribution in [0.25, 0.3) is 5.65 Å². The molecule has 0 amide bonds. The van der Waals surface area contributed by atoms with Gasteiger partial charge in [-0.2, -0.15) is 36.5 Å². The fraction of sp³-hybridized carbons (Fsp3) is 0.524. The molecule has 1 saturated heterocycles. The zero-order valence-electron chi connectivity index (χ0n) is 18.0. The number of alkyl halides is 6. The Morgan fingerprint density at radius 3 is 2.40 bits per heavy atom. The molecule has 1 aliphatic heterocycles. The van der Waals surface area contributed by atoms with Crippen LogP contribution in [-0.2, 0) is 12.6 Å². The van der Waals surface area contributed by atoms with Crippen LogP contribution in [0.1, 0.15) is 24.4 Å². The Bertz CT molecular complexity index is 1220. The first kappa shape index (κ1) is 23.9. The number of anilines is 1. The van der Waals surface area contributed by atoms with Crippen molar-refractivity contribution in [1.82, 2.24) is 24.8 Å². The van der Waals surface area contributed by atoms with Crippen LogP contribution in [0.2, 0.25) is 5.15 Å². The maximum atomic E-state index is 13.5. The number of aromatic nitrogens is 5. The number of nitrogens with zero attached hydrogens (tertiary/aromatic N) is 6. The minimum atomic E-state index is -4.77. The summed E-state index contributed by atoms with van der Waals surface area (Å²) >= 11 is 5.96. The van der Waals surface area contributed by atoms with Gasteiger partial charge < -0.3 is 9.64 Å². The molecule has 188 valence electrons. The van der Waals surface area contributed by atoms with Gasteiger partial charge in [0.1, 0.15) is 5.69 Å². The van der Waals surface area contributed by atoms with E-state index in [-0.39, 0.29) is 34.4 Å². The Labute approximate surface area is 200 Å². The van der Waals surface area contributed by atoms with Crippen LogP contribution in [0.3, 0.4) is 0 Å². The molecule has 3 atom stereocenters. The molecule has 2 bridgehead atoms. The number of piperidine rings is 1. The van der Waals surface area contributed by atoms with E-state index in [0.717, 1.165) is 24.6 Å². The van der Waals surface area contributed by atoms with Gasteiger partial charge in [-0.05, 0) is 42.7 Å². The summed E-state index contributed by atoms with van der Waals surface area (Å²) < 4.78 is 83.7. The van der Waals surface area contributed by atoms with E-state index in [9.17, 15) is 26.3 Å². The van der Waals surface area contributed by atoms with Crippen LogP contribution in [0.5, 0.6) is 5.75 Å². The second-order valence-corrected chi connectivity index (χ2v) is 9.24. The summed E-state index contributed by atoms with van der Waals surface area (Å²) in [6, 6.07) is 3.23. The number of fused-ring (bicyclic) bond motifs is 3. The first-order valence-corrected chi connectivity index (χ1v) is 11.2. The highest BCUT2D eigenvalue weighted by molar-refractivity contribution is 6.29. The summed E-state index contributed by atoms with van der Waals surface area (Å²) in [5.41, 5.74) is -0.667. The van der Waals surface area contributed by atoms with Crippen molar-refractivity contribution in [1.29, 1.82) is 0 Å². The van der Waals surface area contributed by atoms with Crippen LogP contribution >= 0.6 is 11.6 Å². The average Bonchev–Trinajstić information content (AvgIpc) is 3.27. The lowest BCUT2D eigenvalue weighted by molar-refractivity contribution is -0.153. The van der Waals surface area contributed by atoms with E-state index in [0.29, 0.717) is 30.1 Å². The quantitative estimate of drug-likeness (QED) is 0.449. The maximum absolute atomic E-state index is 13.5. The van der Waals surface area contributed by atoms with Gasteiger partial charge in [-0.1, -0.05) is 11.6 Å². The topological polar surface area (TPSA) is 68.4 Å². The Morgan fingerprint density at radius 1 is 1.06 bits per heavy atom. The summed E-state index contributed by atoms with van der Waals surface area (Å²) in [4.78, 5) is 6.35. The Hall–Kier alpha value is -2.83. The van der Waals surface area contributed by atoms with Crippen molar-refractivity contribution < 1.29 is 31.1 Å². The number of hydrogen-bond acceptors (Lipinski definition) is 6. The van der Waals surface area contributed by atoms with E-state index in [1.54, 1.807) is 12.3 Å². The van der Waals surface area contributed by atoms with E-state index >= 15 is 0 Å². The molecule has 1 saturated carbocycles. The van der Waals surface area contributed by atoms with Crippen molar-refractivity contribution >= 4 is 22.9 Å². The van der Waals surface area contributed by atoms with Crippen LogP contribution in [0, 0.1) is 17.8 Å². The van der Waals surface area contributed by atoms with E-state index in [4.69, 9.17) is 16.3 Å². The zero-order valence-corrected chi connectivity index (χ0v) is 18.8. The number of ether oxygens (including phenoxy) is 1. The number of pyridine rings is 1. The molecular formula is C21H19ClF6N6O. The molecule has 0 N–H and O–H groups in total. The van der Waals surface area contributed by atoms with Crippen molar-refractivity contribution in [3.63, 3.8) is 0 Å². The van der Waals surface area contributed by atoms with E-state index < -0.39 is 30.4 Å². The van der Waals surface area contributed by atoms with Gasteiger partial charge in [0.2, 0.25) is 0 Å². The first-order chi connectivity index (χ1) is 16.5. The smallest absolute Gasteiger partial charge is 0.433 e. The lowest BCUT2D eigenvalue weighted by Gasteiger charge is -2.38. The maximum Gasteiger partial charge on any atom is 0.433 e. The minimum Gasteiger partial charge on any atom is -0.480 e. The highest BCUT2D eigenvalue weighted by Crippen LogP contribution is 2.44. The summed E-state index contributed by atoms with van der Waals surface area (Å²) in [5, 5.41) is 12.0. The van der Waals surface area contributed by atoms with E-state index in [1.165, 1.54) is 0 Å². The molecule has 0 aromatic carbocycles. The standard InChI is InChI=1S/C21H19ClF6N6O/c22-17-5-13(7-29-31-17)33-8-11-1-2-12(9-33)14(11)6-18-30-19-15(35-10-20(23,24)25)3-4-16(21(26,27)28)34(19)32-18/h3-5,7,11-12,14H,1-2,6,8-10H2/t11-,12+,14?. The van der Waals surface area contributed by atoms with Gasteiger partial charge >= 0.3 is 12.4 Å². The third-order valence-electron chi connectivity index (χ3n) is 6.60. The van der Waals surface area contributed by atoms with Gasteiger partial charge in [-0.15, -0.1) is 5.10 Å². The molecule has 14 heteroatoms. The predicted octanol–water partition coefficient (Wildman–Crippen LogP) is 4.84. The second kappa shape index (κ2) is 8.68. The van der Waals surface area contributed by atoms with Crippen LogP contribution in [-0.4, -0.2) is 50.7 Å². The molecule has 0 radical (unpaired) electrons. The van der Waals surface area contributed by atoms with Gasteiger partial charge in [0.05, 0.1) is 11.9 Å². The third kappa shape index (κ3) is 4.95. The van der Waals surface area contributed by atoms with Gasteiger partial charge in [-0.3, -0.25) is 0 Å². The second-order valence-electron chi connectivity index (χ2n) is 8.85. The largest absolute Gasteiger partial charge is 0.480 e. The molecule has 2 fully saturated rings. The lowest BCUT2D eigenvalue weighted by atomic mass is 9.82. The Balaban J connectivity index is 1.40. The number of rotatable bonds is 5. The normalized spacial score (nSPS) is 22.7. The number of halogens is 7. The molecule has 5 rings (SSSR count). The van der Waals surface area contributed by atoms with Gasteiger partial charge in [0.15, 0.2) is 29.0 Å². The van der Waals surface area contributed by atoms with Gasteiger partial charge in [0.25, 0.3) is 0 Å². The molecule has 35 heavy (non-hydrogen) atoms. The zero-order chi connectivity index (χ0) is 25.0. The minimum absolute atomic E-state index is 0.128. The SMILES string of the molecule is FC(F)(F)COc1ccc(C(F)(F)F)n2nc(CC3[C@@H]4CC[C@H]3CN(c3cnnc(Cl)c3)C4)nc12. The molecule has 0 spiro atoms. The fourth-order valence-corrected chi connectivity index (χ4v) is 5.31. The highest BCUT2D eigenvalue weighted by atomic mass is 35.5. The lowest BCUT2D eigenvalue weighted by Crippen LogP contribution is -2.42. The molecule has 4 heterocycles. The summed E-state index contributed by atoms with van der Waals surface area (Å²) in [6.07, 6.45) is -5.58. The summed E-state index contributed by atoms with van der Waals surface area (Å²) in [6.45, 7) is -0.221. The first-order valence-electron chi connectivity index (χ1n) is 10.9. The molecule has 2 aliphatic rings. The molecule has 1 unspecified atom stereocenters. The predicted molar refractivity (Wildman–Crippen MR) is 112 cm³/mol. The van der Waals surface area contributed by atoms with Crippen molar-refractivity contribution in [2.45, 2.75) is 31.6 Å². The molecular weight excluding hydrogens is 502 g/mol. The van der Waals surface area contributed by atoms with Crippen molar-refractivity contribution in [3.8, 4) is 5.75 Å². The number of hydrogen-bond donors (Lipinski definition) is 0. The fourth-order valence-electron chi connectivity index (χ4n) is 5.15. The Kier molecular flexibility index (Phi) is 5.93. The van der Waals surface area contributed by atoms with Crippen LogP contribution in [0.4, 0.5) is 32.0 Å². The molecule has 1 aliphatic carbocycles. The molecule has 3 aromatic heterocycles. The van der Waals surface area contributed by atoms with Crippen molar-refractivity contribution in [3.05, 3.63) is 41.1 Å².